The molecule has 0 saturated heterocycles. The molecule has 216 valence electrons. The molecule has 0 aliphatic carbocycles. The van der Waals surface area contributed by atoms with Crippen LogP contribution in [-0.2, 0) is 12.1 Å². The van der Waals surface area contributed by atoms with Gasteiger partial charge < -0.3 is 8.83 Å². The highest BCUT2D eigenvalue weighted by Crippen LogP contribution is 2.30. The third kappa shape index (κ3) is 3.77. The van der Waals surface area contributed by atoms with Crippen molar-refractivity contribution in [3.8, 4) is 11.6 Å². The van der Waals surface area contributed by atoms with Crippen molar-refractivity contribution >= 4 is 71.1 Å². The van der Waals surface area contributed by atoms with Crippen molar-refractivity contribution in [2.75, 3.05) is 0 Å². The number of hydrogen-bond donors (Lipinski definition) is 0. The lowest BCUT2D eigenvalue weighted by Crippen LogP contribution is -2.45. The molecule has 11 rings (SSSR count). The first-order valence-electron chi connectivity index (χ1n) is 14.7. The van der Waals surface area contributed by atoms with Gasteiger partial charge in [-0.25, -0.2) is 29.9 Å². The van der Waals surface area contributed by atoms with Gasteiger partial charge >= 0.3 is 0 Å². The zero-order valence-corrected chi connectivity index (χ0v) is 26.7. The Morgan fingerprint density at radius 2 is 1.25 bits per heavy atom. The minimum atomic E-state index is -2.29. The predicted octanol–water partition coefficient (Wildman–Crippen LogP) is 5.14. The van der Waals surface area contributed by atoms with Crippen LogP contribution < -0.4 is 10.7 Å². The Morgan fingerprint density at radius 1 is 0.614 bits per heavy atom. The van der Waals surface area contributed by atoms with E-state index in [2.05, 4.69) is 60.4 Å². The van der Waals surface area contributed by atoms with E-state index in [0.717, 1.165) is 67.5 Å². The summed E-state index contributed by atoms with van der Waals surface area (Å²) >= 11 is 0. The summed E-state index contributed by atoms with van der Waals surface area (Å²) in [5.74, 6) is 2.26. The molecule has 0 radical (unpaired) electrons. The Balaban J connectivity index is 1.28. The third-order valence-electron chi connectivity index (χ3n) is 8.83. The summed E-state index contributed by atoms with van der Waals surface area (Å²) in [5, 5.41) is 1.28. The molecule has 0 spiro atoms. The second kappa shape index (κ2) is 8.80. The predicted molar refractivity (Wildman–Crippen MR) is 175 cm³/mol. The van der Waals surface area contributed by atoms with Crippen molar-refractivity contribution in [1.29, 1.82) is 0 Å². The van der Waals surface area contributed by atoms with Gasteiger partial charge in [0.15, 0.2) is 30.6 Å². The summed E-state index contributed by atoms with van der Waals surface area (Å²) in [6.45, 7) is 9.21. The minimum absolute atomic E-state index is 0.627. The van der Waals surface area contributed by atoms with Crippen LogP contribution in [0.3, 0.4) is 0 Å². The second-order valence-corrected chi connectivity index (χ2v) is 22.2. The number of pyridine rings is 2. The number of hydrogen-bond acceptors (Lipinski definition) is 8. The molecule has 0 atom stereocenters. The Kier molecular flexibility index (Phi) is 5.11. The zero-order chi connectivity index (χ0) is 29.8. The molecule has 10 nitrogen and oxygen atoms in total. The van der Waals surface area contributed by atoms with E-state index in [9.17, 15) is 0 Å². The van der Waals surface area contributed by atoms with Gasteiger partial charge in [-0.3, -0.25) is 9.13 Å². The standard InChI is InChI=1S/C32H28N8O2Si2/c1-43(2)15-19-5-11-25(33-13-19)39-17-35-21-7-9-23-28(30(21)39)37-27(41-23)16-44(3,4)32-38-29-24(42-32)10-8-22-31(29)40(18-36-22)26-12-6-20(43)14-34-26/h5-14,17-18H,15-16H2,1-4H3. The number of rotatable bonds is 0. The van der Waals surface area contributed by atoms with Gasteiger partial charge in [-0.15, -0.1) is 0 Å². The maximum absolute atomic E-state index is 6.46. The van der Waals surface area contributed by atoms with Crippen molar-refractivity contribution in [1.82, 2.24) is 39.0 Å². The number of aromatic nitrogens is 8. The van der Waals surface area contributed by atoms with E-state index in [4.69, 9.17) is 28.8 Å². The van der Waals surface area contributed by atoms with Crippen LogP contribution >= 0.6 is 0 Å². The van der Waals surface area contributed by atoms with Gasteiger partial charge in [-0.05, 0) is 53.2 Å². The van der Waals surface area contributed by atoms with Crippen molar-refractivity contribution in [2.24, 2.45) is 0 Å². The molecule has 44 heavy (non-hydrogen) atoms. The van der Waals surface area contributed by atoms with Crippen molar-refractivity contribution in [3.05, 3.63) is 85.0 Å². The smallest absolute Gasteiger partial charge is 0.193 e. The molecular weight excluding hydrogens is 585 g/mol. The summed E-state index contributed by atoms with van der Waals surface area (Å²) in [7, 11) is -4.17. The zero-order valence-electron chi connectivity index (χ0n) is 24.7. The largest absolute Gasteiger partial charge is 0.446 e. The van der Waals surface area contributed by atoms with Crippen LogP contribution in [0.4, 0.5) is 0 Å². The highest BCUT2D eigenvalue weighted by atomic mass is 28.3. The molecule has 0 amide bonds. The Labute approximate surface area is 253 Å². The monoisotopic (exact) mass is 612 g/mol. The average molecular weight is 613 g/mol. The van der Waals surface area contributed by atoms with E-state index in [-0.39, 0.29) is 0 Å². The quantitative estimate of drug-likeness (QED) is 0.216. The first-order chi connectivity index (χ1) is 21.2. The first-order valence-corrected chi connectivity index (χ1v) is 21.1. The fourth-order valence-electron chi connectivity index (χ4n) is 6.39. The fraction of sp³-hybridized carbons (Fsp3) is 0.188. The molecule has 8 bridgehead atoms. The van der Waals surface area contributed by atoms with Crippen LogP contribution in [-0.4, -0.2) is 55.2 Å². The van der Waals surface area contributed by atoms with Crippen LogP contribution in [0.2, 0.25) is 26.2 Å². The van der Waals surface area contributed by atoms with Crippen LogP contribution in [0.5, 0.6) is 0 Å². The molecule has 0 N–H and O–H groups in total. The SMILES string of the molecule is C[Si]1(C)Cc2ccc(nc2)-n2cnc3ccc4oc(nc4c32)C[Si](C)(C)c2nc3c(ccc4ncn(c43)-c3ccc1cn3)o2. The van der Waals surface area contributed by atoms with Gasteiger partial charge in [0.2, 0.25) is 0 Å². The van der Waals surface area contributed by atoms with Crippen LogP contribution in [0, 0.1) is 0 Å². The van der Waals surface area contributed by atoms with E-state index in [1.165, 1.54) is 10.8 Å². The van der Waals surface area contributed by atoms with Gasteiger partial charge in [0.1, 0.15) is 46.4 Å². The summed E-state index contributed by atoms with van der Waals surface area (Å²) < 4.78 is 16.8. The molecule has 3 aliphatic heterocycles. The lowest BCUT2D eigenvalue weighted by molar-refractivity contribution is 0.550. The Bertz CT molecular complexity index is 2400. The summed E-state index contributed by atoms with van der Waals surface area (Å²) in [6.07, 6.45) is 7.65. The molecule has 3 aliphatic rings. The molecule has 0 saturated carbocycles. The maximum Gasteiger partial charge on any atom is 0.193 e. The third-order valence-corrected chi connectivity index (χ3v) is 14.5. The second-order valence-electron chi connectivity index (χ2n) is 13.0. The number of fused-ring (bicyclic) bond motifs is 2. The Morgan fingerprint density at radius 3 is 1.89 bits per heavy atom. The molecule has 8 aromatic rings. The van der Waals surface area contributed by atoms with E-state index in [1.54, 1.807) is 0 Å². The van der Waals surface area contributed by atoms with E-state index < -0.39 is 16.1 Å². The topological polar surface area (TPSA) is 113 Å². The van der Waals surface area contributed by atoms with Gasteiger partial charge in [0, 0.05) is 18.4 Å². The maximum atomic E-state index is 6.46. The van der Waals surface area contributed by atoms with E-state index in [1.807, 2.05) is 58.4 Å². The molecule has 2 aromatic carbocycles. The summed E-state index contributed by atoms with van der Waals surface area (Å²) in [5.41, 5.74) is 8.44. The van der Waals surface area contributed by atoms with Gasteiger partial charge in [-0.2, -0.15) is 0 Å². The van der Waals surface area contributed by atoms with E-state index in [0.29, 0.717) is 11.9 Å². The molecule has 12 heteroatoms. The summed E-state index contributed by atoms with van der Waals surface area (Å²) in [4.78, 5) is 29.3. The molecular formula is C32H28N8O2Si2. The van der Waals surface area contributed by atoms with Crippen LogP contribution in [0.15, 0.2) is 82.4 Å². The number of nitrogens with zero attached hydrogens (tertiary/aromatic N) is 8. The van der Waals surface area contributed by atoms with Crippen LogP contribution in [0.1, 0.15) is 11.5 Å². The minimum Gasteiger partial charge on any atom is -0.446 e. The number of benzene rings is 2. The lowest BCUT2D eigenvalue weighted by Gasteiger charge is -2.23. The van der Waals surface area contributed by atoms with Crippen LogP contribution in [0.25, 0.3) is 55.9 Å². The first kappa shape index (κ1) is 25.5. The normalized spacial score (nSPS) is 15.9. The van der Waals surface area contributed by atoms with Gasteiger partial charge in [0.25, 0.3) is 0 Å². The molecule has 6 aromatic heterocycles. The molecule has 0 fully saturated rings. The Hall–Kier alpha value is -4.95. The summed E-state index contributed by atoms with van der Waals surface area (Å²) in [6, 6.07) is 18.0. The number of oxazole rings is 2. The highest BCUT2D eigenvalue weighted by Gasteiger charge is 2.34. The average Bonchev–Trinajstić information content (AvgIpc) is 3.80. The van der Waals surface area contributed by atoms with Gasteiger partial charge in [0.05, 0.1) is 19.1 Å². The van der Waals surface area contributed by atoms with E-state index >= 15 is 0 Å². The number of imidazole rings is 2. The molecule has 9 heterocycles. The highest BCUT2D eigenvalue weighted by molar-refractivity contribution is 6.89. The lowest BCUT2D eigenvalue weighted by atomic mass is 10.2. The van der Waals surface area contributed by atoms with Crippen molar-refractivity contribution in [3.63, 3.8) is 0 Å². The fourth-order valence-corrected chi connectivity index (χ4v) is 10.6. The van der Waals surface area contributed by atoms with Crippen molar-refractivity contribution < 1.29 is 8.83 Å². The molecule has 0 unspecified atom stereocenters. The van der Waals surface area contributed by atoms with Crippen molar-refractivity contribution in [2.45, 2.75) is 38.3 Å². The van der Waals surface area contributed by atoms with Gasteiger partial charge in [-0.1, -0.05) is 38.3 Å².